The number of aldehydes is 1. The van der Waals surface area contributed by atoms with Crippen molar-refractivity contribution in [2.24, 2.45) is 5.92 Å². The van der Waals surface area contributed by atoms with Crippen LogP contribution in [0.15, 0.2) is 66.0 Å². The second-order valence-corrected chi connectivity index (χ2v) is 12.0. The van der Waals surface area contributed by atoms with Crippen LogP contribution >= 0.6 is 11.3 Å². The molecule has 9 nitrogen and oxygen atoms in total. The van der Waals surface area contributed by atoms with Crippen LogP contribution < -0.4 is 10.6 Å². The van der Waals surface area contributed by atoms with E-state index in [1.807, 2.05) is 29.6 Å². The molecule has 0 unspecified atom stereocenters. The lowest BCUT2D eigenvalue weighted by atomic mass is 9.86. The van der Waals surface area contributed by atoms with Gasteiger partial charge in [-0.25, -0.2) is 4.79 Å². The van der Waals surface area contributed by atoms with Gasteiger partial charge in [-0.3, -0.25) is 19.3 Å². The van der Waals surface area contributed by atoms with Gasteiger partial charge in [0, 0.05) is 34.7 Å². The van der Waals surface area contributed by atoms with E-state index in [2.05, 4.69) is 15.5 Å². The molecule has 0 saturated carbocycles. The number of rotatable bonds is 8. The molecule has 2 N–H and O–H groups in total. The smallest absolute Gasteiger partial charge is 0.408 e. The number of likely N-dealkylation sites (tertiary alicyclic amines) is 1. The topological polar surface area (TPSA) is 108 Å². The molecule has 0 aliphatic carbocycles. The zero-order valence-corrected chi connectivity index (χ0v) is 23.4. The van der Waals surface area contributed by atoms with Gasteiger partial charge in [-0.05, 0) is 73.1 Å². The number of nitrogens with one attached hydrogen (secondary N) is 2. The Balaban J connectivity index is 1.04. The molecule has 10 heteroatoms. The van der Waals surface area contributed by atoms with Crippen molar-refractivity contribution >= 4 is 35.5 Å². The molecular weight excluding hydrogens is 540 g/mol. The van der Waals surface area contributed by atoms with Crippen LogP contribution in [0.4, 0.5) is 4.79 Å². The van der Waals surface area contributed by atoms with E-state index in [9.17, 15) is 19.2 Å². The number of benzene rings is 2. The van der Waals surface area contributed by atoms with Gasteiger partial charge in [0.1, 0.15) is 17.9 Å². The van der Waals surface area contributed by atoms with Crippen LogP contribution in [0.2, 0.25) is 0 Å². The Morgan fingerprint density at radius 1 is 0.976 bits per heavy atom. The summed E-state index contributed by atoms with van der Waals surface area (Å²) in [5, 5.41) is 7.94. The molecule has 0 spiro atoms. The minimum atomic E-state index is -0.664. The van der Waals surface area contributed by atoms with Gasteiger partial charge in [0.15, 0.2) is 0 Å². The number of carbonyl (C=O) groups excluding carboxylic acids is 4. The summed E-state index contributed by atoms with van der Waals surface area (Å²) in [5.41, 5.74) is 1.71. The molecule has 3 aromatic rings. The minimum absolute atomic E-state index is 0.0815. The van der Waals surface area contributed by atoms with Gasteiger partial charge in [0.2, 0.25) is 0 Å². The molecule has 1 aromatic heterocycles. The third-order valence-corrected chi connectivity index (χ3v) is 9.43. The number of hydrogen-bond acceptors (Lipinski definition) is 7. The van der Waals surface area contributed by atoms with Crippen molar-refractivity contribution in [1.29, 1.82) is 0 Å². The summed E-state index contributed by atoms with van der Waals surface area (Å²) < 4.78 is 5.89. The van der Waals surface area contributed by atoms with Gasteiger partial charge in [-0.15, -0.1) is 11.3 Å². The van der Waals surface area contributed by atoms with Crippen LogP contribution in [-0.4, -0.2) is 72.8 Å². The quantitative estimate of drug-likeness (QED) is 0.399. The maximum Gasteiger partial charge on any atom is 0.408 e. The number of ether oxygens (including phenoxy) is 1. The normalized spacial score (nSPS) is 22.3. The Labute approximate surface area is 242 Å². The lowest BCUT2D eigenvalue weighted by Crippen LogP contribution is -2.69. The molecule has 4 saturated heterocycles. The highest BCUT2D eigenvalue weighted by Crippen LogP contribution is 2.36. The van der Waals surface area contributed by atoms with Gasteiger partial charge in [0.25, 0.3) is 11.8 Å². The zero-order chi connectivity index (χ0) is 28.4. The van der Waals surface area contributed by atoms with Crippen molar-refractivity contribution in [3.8, 4) is 0 Å². The van der Waals surface area contributed by atoms with Gasteiger partial charge in [-0.2, -0.15) is 0 Å². The number of nitrogens with zero attached hydrogens (tertiary/aromatic N) is 2. The highest BCUT2D eigenvalue weighted by Gasteiger charge is 2.49. The Hall–Kier alpha value is -4.02. The van der Waals surface area contributed by atoms with E-state index < -0.39 is 11.6 Å². The van der Waals surface area contributed by atoms with Gasteiger partial charge >= 0.3 is 6.09 Å². The van der Waals surface area contributed by atoms with Gasteiger partial charge in [0.05, 0.1) is 13.1 Å². The van der Waals surface area contributed by atoms with Crippen LogP contribution in [0, 0.1) is 5.92 Å². The van der Waals surface area contributed by atoms with Crippen LogP contribution in [0.3, 0.4) is 0 Å². The summed E-state index contributed by atoms with van der Waals surface area (Å²) >= 11 is 1.56. The van der Waals surface area contributed by atoms with Crippen LogP contribution in [0.5, 0.6) is 0 Å². The number of hydrogen-bond donors (Lipinski definition) is 2. The average Bonchev–Trinajstić information content (AvgIpc) is 3.54. The first-order valence-electron chi connectivity index (χ1n) is 13.9. The predicted molar refractivity (Wildman–Crippen MR) is 154 cm³/mol. The number of carbonyl (C=O) groups is 4. The molecule has 41 heavy (non-hydrogen) atoms. The Kier molecular flexibility index (Phi) is 7.59. The summed E-state index contributed by atoms with van der Waals surface area (Å²) in [5.74, 6) is 0.0670. The van der Waals surface area contributed by atoms with E-state index in [1.165, 1.54) is 0 Å². The molecule has 0 radical (unpaired) electrons. The van der Waals surface area contributed by atoms with Crippen molar-refractivity contribution in [2.45, 2.75) is 31.0 Å². The van der Waals surface area contributed by atoms with Crippen molar-refractivity contribution in [3.05, 3.63) is 93.2 Å². The fourth-order valence-electron chi connectivity index (χ4n) is 5.95. The first kappa shape index (κ1) is 27.2. The standard InChI is InChI=1S/C31H32N4O5S/c36-18-22-5-7-24(8-6-22)28(37)32-16-21-3-9-25(10-4-21)29(38)35-19-31(20-35,27-2-1-15-41-27)33-30(39)40-26-17-34-13-11-23(26)12-14-34/h1-10,15,18,23,26H,11-14,16-17,19-20H2,(H,32,37)(H,33,39)/t26-/m0/s1. The lowest BCUT2D eigenvalue weighted by molar-refractivity contribution is -0.0402. The van der Waals surface area contributed by atoms with E-state index in [0.29, 0.717) is 42.2 Å². The Bertz CT molecular complexity index is 1410. The highest BCUT2D eigenvalue weighted by atomic mass is 32.1. The fourth-order valence-corrected chi connectivity index (χ4v) is 6.81. The number of alkyl carbamates (subject to hydrolysis) is 1. The summed E-state index contributed by atoms with van der Waals surface area (Å²) in [6, 6.07) is 17.5. The fraction of sp³-hybridized carbons (Fsp3) is 0.355. The molecular formula is C31H32N4O5S. The molecule has 5 heterocycles. The minimum Gasteiger partial charge on any atom is -0.445 e. The van der Waals surface area contributed by atoms with E-state index in [1.54, 1.807) is 52.6 Å². The molecule has 2 aromatic carbocycles. The zero-order valence-electron chi connectivity index (χ0n) is 22.6. The maximum absolute atomic E-state index is 13.3. The SMILES string of the molecule is O=Cc1ccc(C(=O)NCc2ccc(C(=O)N3CC(NC(=O)O[C@H]4CN5CCC4CC5)(c4cccs4)C3)cc2)cc1. The van der Waals surface area contributed by atoms with Gasteiger partial charge < -0.3 is 20.3 Å². The van der Waals surface area contributed by atoms with Crippen LogP contribution in [0.25, 0.3) is 0 Å². The van der Waals surface area contributed by atoms with E-state index >= 15 is 0 Å². The predicted octanol–water partition coefficient (Wildman–Crippen LogP) is 3.66. The second kappa shape index (κ2) is 11.5. The molecule has 1 atom stereocenters. The number of fused-ring (bicyclic) bond motifs is 3. The second-order valence-electron chi connectivity index (χ2n) is 11.0. The third-order valence-electron chi connectivity index (χ3n) is 8.36. The first-order chi connectivity index (χ1) is 19.9. The summed E-state index contributed by atoms with van der Waals surface area (Å²) in [6.45, 7) is 3.98. The molecule has 4 fully saturated rings. The van der Waals surface area contributed by atoms with Crippen molar-refractivity contribution < 1.29 is 23.9 Å². The van der Waals surface area contributed by atoms with E-state index in [4.69, 9.17) is 4.74 Å². The molecule has 212 valence electrons. The van der Waals surface area contributed by atoms with Crippen molar-refractivity contribution in [1.82, 2.24) is 20.4 Å². The lowest BCUT2D eigenvalue weighted by Gasteiger charge is -2.50. The number of piperidine rings is 3. The molecule has 4 aliphatic heterocycles. The van der Waals surface area contributed by atoms with Crippen molar-refractivity contribution in [3.63, 3.8) is 0 Å². The first-order valence-corrected chi connectivity index (χ1v) is 14.8. The summed E-state index contributed by atoms with van der Waals surface area (Å²) in [7, 11) is 0. The molecule has 4 aliphatic rings. The van der Waals surface area contributed by atoms with Crippen LogP contribution in [0.1, 0.15) is 54.4 Å². The number of amides is 3. The summed E-state index contributed by atoms with van der Waals surface area (Å²) in [6.07, 6.45) is 2.36. The third kappa shape index (κ3) is 5.75. The Morgan fingerprint density at radius 3 is 2.29 bits per heavy atom. The maximum atomic E-state index is 13.3. The van der Waals surface area contributed by atoms with Crippen LogP contribution in [-0.2, 0) is 16.8 Å². The largest absolute Gasteiger partial charge is 0.445 e. The Morgan fingerprint density at radius 2 is 1.68 bits per heavy atom. The highest BCUT2D eigenvalue weighted by molar-refractivity contribution is 7.10. The molecule has 3 amide bonds. The molecule has 7 rings (SSSR count). The van der Waals surface area contributed by atoms with Gasteiger partial charge in [-0.1, -0.05) is 30.3 Å². The van der Waals surface area contributed by atoms with E-state index in [0.717, 1.165) is 49.2 Å². The average molecular weight is 573 g/mol. The van der Waals surface area contributed by atoms with Crippen molar-refractivity contribution in [2.75, 3.05) is 32.7 Å². The van der Waals surface area contributed by atoms with E-state index in [-0.39, 0.29) is 17.9 Å². The monoisotopic (exact) mass is 572 g/mol. The number of thiophene rings is 1. The molecule has 2 bridgehead atoms. The summed E-state index contributed by atoms with van der Waals surface area (Å²) in [4.78, 5) is 54.6.